The molecule has 2 aromatic heterocycles. The number of thiophene rings is 1. The summed E-state index contributed by atoms with van der Waals surface area (Å²) in [5.74, 6) is 1.97. The standard InChI is InChI=1S/C30H32N4O3S/c1-6-7-15-37-24-10-8-9-23(16-24)21-11-13-22(14-12-21)28-27-18(2)19(3)38-30(27)34-20(4)32-33-29(34)25(31-28)17-26(35)36-5/h8-14,16,25H,6-7,15,17H2,1-5H3/t25-/m0/s1. The van der Waals surface area contributed by atoms with Gasteiger partial charge in [0.1, 0.15) is 22.6 Å². The maximum absolute atomic E-state index is 12.3. The molecule has 196 valence electrons. The number of aryl methyl sites for hydroxylation is 2. The topological polar surface area (TPSA) is 78.6 Å². The molecule has 0 bridgehead atoms. The van der Waals surface area contributed by atoms with Crippen molar-refractivity contribution in [3.8, 4) is 21.9 Å². The van der Waals surface area contributed by atoms with Gasteiger partial charge in [-0.1, -0.05) is 49.7 Å². The van der Waals surface area contributed by atoms with E-state index in [1.807, 2.05) is 23.6 Å². The number of nitrogens with zero attached hydrogens (tertiary/aromatic N) is 4. The van der Waals surface area contributed by atoms with Crippen LogP contribution in [0.2, 0.25) is 0 Å². The first-order chi connectivity index (χ1) is 18.4. The Hall–Kier alpha value is -3.78. The average molecular weight is 529 g/mol. The number of benzene rings is 2. The number of fused-ring (bicyclic) bond motifs is 3. The molecular weight excluding hydrogens is 496 g/mol. The van der Waals surface area contributed by atoms with Gasteiger partial charge < -0.3 is 9.47 Å². The zero-order chi connectivity index (χ0) is 26.8. The summed E-state index contributed by atoms with van der Waals surface area (Å²) in [6, 6.07) is 16.1. The minimum Gasteiger partial charge on any atom is -0.494 e. The lowest BCUT2D eigenvalue weighted by molar-refractivity contribution is -0.141. The van der Waals surface area contributed by atoms with Crippen molar-refractivity contribution in [3.63, 3.8) is 0 Å². The number of ether oxygens (including phenoxy) is 2. The van der Waals surface area contributed by atoms with Crippen LogP contribution < -0.4 is 4.74 Å². The lowest BCUT2D eigenvalue weighted by atomic mass is 9.97. The van der Waals surface area contributed by atoms with Gasteiger partial charge in [-0.3, -0.25) is 14.4 Å². The van der Waals surface area contributed by atoms with Gasteiger partial charge in [-0.05, 0) is 56.0 Å². The first-order valence-corrected chi connectivity index (χ1v) is 13.7. The summed E-state index contributed by atoms with van der Waals surface area (Å²) < 4.78 is 12.9. The summed E-state index contributed by atoms with van der Waals surface area (Å²) in [6.45, 7) is 9.06. The smallest absolute Gasteiger partial charge is 0.308 e. The van der Waals surface area contributed by atoms with Crippen LogP contribution in [0.1, 0.15) is 65.4 Å². The van der Waals surface area contributed by atoms with E-state index in [2.05, 4.69) is 67.4 Å². The Morgan fingerprint density at radius 2 is 1.79 bits per heavy atom. The van der Waals surface area contributed by atoms with Gasteiger partial charge in [0.2, 0.25) is 0 Å². The second-order valence-corrected chi connectivity index (χ2v) is 10.7. The van der Waals surface area contributed by atoms with Crippen molar-refractivity contribution in [3.05, 3.63) is 81.7 Å². The van der Waals surface area contributed by atoms with E-state index in [1.165, 1.54) is 17.6 Å². The van der Waals surface area contributed by atoms with Gasteiger partial charge >= 0.3 is 5.97 Å². The molecule has 38 heavy (non-hydrogen) atoms. The van der Waals surface area contributed by atoms with E-state index in [9.17, 15) is 4.79 Å². The molecule has 0 fully saturated rings. The van der Waals surface area contributed by atoms with Crippen LogP contribution in [-0.4, -0.2) is 40.2 Å². The van der Waals surface area contributed by atoms with E-state index in [1.54, 1.807) is 11.3 Å². The third kappa shape index (κ3) is 4.88. The molecule has 0 N–H and O–H groups in total. The lowest BCUT2D eigenvalue weighted by Gasteiger charge is -2.12. The molecule has 3 heterocycles. The zero-order valence-electron chi connectivity index (χ0n) is 22.4. The molecule has 1 aliphatic heterocycles. The fourth-order valence-electron chi connectivity index (χ4n) is 4.69. The van der Waals surface area contributed by atoms with Crippen LogP contribution in [-0.2, 0) is 9.53 Å². The van der Waals surface area contributed by atoms with E-state index >= 15 is 0 Å². The Morgan fingerprint density at radius 3 is 2.53 bits per heavy atom. The van der Waals surface area contributed by atoms with E-state index in [4.69, 9.17) is 14.5 Å². The van der Waals surface area contributed by atoms with Gasteiger partial charge in [0.25, 0.3) is 0 Å². The number of esters is 1. The molecule has 4 aromatic rings. The van der Waals surface area contributed by atoms with E-state index < -0.39 is 6.04 Å². The number of aromatic nitrogens is 3. The monoisotopic (exact) mass is 528 g/mol. The van der Waals surface area contributed by atoms with Gasteiger partial charge in [0.05, 0.1) is 25.8 Å². The highest BCUT2D eigenvalue weighted by Gasteiger charge is 2.32. The maximum Gasteiger partial charge on any atom is 0.308 e. The van der Waals surface area contributed by atoms with Crippen LogP contribution in [0.15, 0.2) is 53.5 Å². The van der Waals surface area contributed by atoms with Crippen LogP contribution >= 0.6 is 11.3 Å². The van der Waals surface area contributed by atoms with Crippen molar-refractivity contribution in [1.29, 1.82) is 0 Å². The summed E-state index contributed by atoms with van der Waals surface area (Å²) in [5.41, 5.74) is 6.26. The lowest BCUT2D eigenvalue weighted by Crippen LogP contribution is -2.12. The molecule has 0 spiro atoms. The molecule has 0 unspecified atom stereocenters. The first kappa shape index (κ1) is 25.9. The molecule has 1 aliphatic rings. The summed E-state index contributed by atoms with van der Waals surface area (Å²) in [4.78, 5) is 18.7. The van der Waals surface area contributed by atoms with Crippen LogP contribution in [0, 0.1) is 20.8 Å². The van der Waals surface area contributed by atoms with Gasteiger partial charge in [0, 0.05) is 16.0 Å². The van der Waals surface area contributed by atoms with Crippen LogP contribution in [0.3, 0.4) is 0 Å². The fraction of sp³-hybridized carbons (Fsp3) is 0.333. The number of carbonyl (C=O) groups excluding carboxylic acids is 1. The average Bonchev–Trinajstić information content (AvgIpc) is 3.41. The Morgan fingerprint density at radius 1 is 1.03 bits per heavy atom. The molecule has 8 heteroatoms. The zero-order valence-corrected chi connectivity index (χ0v) is 23.3. The predicted molar refractivity (Wildman–Crippen MR) is 151 cm³/mol. The van der Waals surface area contributed by atoms with Crippen molar-refractivity contribution >= 4 is 23.0 Å². The van der Waals surface area contributed by atoms with Crippen LogP contribution in [0.5, 0.6) is 5.75 Å². The Labute approximate surface area is 227 Å². The van der Waals surface area contributed by atoms with Gasteiger partial charge in [-0.15, -0.1) is 21.5 Å². The Balaban J connectivity index is 1.57. The highest BCUT2D eigenvalue weighted by atomic mass is 32.1. The summed E-state index contributed by atoms with van der Waals surface area (Å²) in [6.07, 6.45) is 2.23. The van der Waals surface area contributed by atoms with E-state index in [0.29, 0.717) is 5.82 Å². The highest BCUT2D eigenvalue weighted by molar-refractivity contribution is 7.15. The second kappa shape index (κ2) is 10.9. The number of aliphatic imine (C=N–C) groups is 1. The number of rotatable bonds is 8. The molecule has 2 aromatic carbocycles. The minimum absolute atomic E-state index is 0.0913. The number of carbonyl (C=O) groups is 1. The Bertz CT molecular complexity index is 1500. The highest BCUT2D eigenvalue weighted by Crippen LogP contribution is 2.39. The van der Waals surface area contributed by atoms with E-state index in [0.717, 1.165) is 64.0 Å². The molecule has 0 saturated heterocycles. The maximum atomic E-state index is 12.3. The third-order valence-electron chi connectivity index (χ3n) is 6.92. The van der Waals surface area contributed by atoms with Crippen molar-refractivity contribution < 1.29 is 14.3 Å². The molecule has 0 radical (unpaired) electrons. The SMILES string of the molecule is CCCCOc1cccc(-c2ccc(C3=N[C@@H](CC(=O)OC)c4nnc(C)n4-c4sc(C)c(C)c43)cc2)c1. The predicted octanol–water partition coefficient (Wildman–Crippen LogP) is 6.56. The fourth-order valence-corrected chi connectivity index (χ4v) is 5.90. The van der Waals surface area contributed by atoms with E-state index in [-0.39, 0.29) is 12.4 Å². The normalized spacial score (nSPS) is 14.3. The third-order valence-corrected chi connectivity index (χ3v) is 8.11. The summed E-state index contributed by atoms with van der Waals surface area (Å²) in [5, 5.41) is 9.79. The van der Waals surface area contributed by atoms with Gasteiger partial charge in [-0.25, -0.2) is 0 Å². The van der Waals surface area contributed by atoms with Crippen molar-refractivity contribution in [2.75, 3.05) is 13.7 Å². The minimum atomic E-state index is -0.505. The van der Waals surface area contributed by atoms with Crippen molar-refractivity contribution in [1.82, 2.24) is 14.8 Å². The second-order valence-electron chi connectivity index (χ2n) is 9.49. The van der Waals surface area contributed by atoms with Crippen molar-refractivity contribution in [2.45, 2.75) is 53.0 Å². The summed E-state index contributed by atoms with van der Waals surface area (Å²) in [7, 11) is 1.40. The Kier molecular flexibility index (Phi) is 7.42. The molecule has 5 rings (SSSR count). The largest absolute Gasteiger partial charge is 0.494 e. The van der Waals surface area contributed by atoms with Crippen molar-refractivity contribution in [2.24, 2.45) is 4.99 Å². The van der Waals surface area contributed by atoms with Crippen LogP contribution in [0.4, 0.5) is 0 Å². The molecule has 1 atom stereocenters. The number of unbranched alkanes of at least 4 members (excludes halogenated alkanes) is 1. The first-order valence-electron chi connectivity index (χ1n) is 12.9. The molecule has 7 nitrogen and oxygen atoms in total. The number of methoxy groups -OCH3 is 1. The number of hydrogen-bond acceptors (Lipinski definition) is 7. The number of hydrogen-bond donors (Lipinski definition) is 0. The quantitative estimate of drug-likeness (QED) is 0.191. The molecule has 0 aliphatic carbocycles. The molecular formula is C30H32N4O3S. The van der Waals surface area contributed by atoms with Gasteiger partial charge in [-0.2, -0.15) is 0 Å². The van der Waals surface area contributed by atoms with Gasteiger partial charge in [0.15, 0.2) is 5.82 Å². The summed E-state index contributed by atoms with van der Waals surface area (Å²) >= 11 is 1.70. The molecule has 0 amide bonds. The van der Waals surface area contributed by atoms with Crippen LogP contribution in [0.25, 0.3) is 16.1 Å². The molecule has 0 saturated carbocycles.